The second-order valence-corrected chi connectivity index (χ2v) is 10.5. The van der Waals surface area contributed by atoms with Crippen molar-refractivity contribution in [3.63, 3.8) is 0 Å². The quantitative estimate of drug-likeness (QED) is 0.382. The molecule has 3 aliphatic rings. The third kappa shape index (κ3) is 2.65. The highest BCUT2D eigenvalue weighted by atomic mass is 79.9. The fourth-order valence-corrected chi connectivity index (χ4v) is 6.64. The first-order valence-electron chi connectivity index (χ1n) is 9.71. The van der Waals surface area contributed by atoms with Crippen molar-refractivity contribution in [1.82, 2.24) is 0 Å². The van der Waals surface area contributed by atoms with Gasteiger partial charge in [0.1, 0.15) is 5.75 Å². The topological polar surface area (TPSA) is 12.5 Å². The van der Waals surface area contributed by atoms with Gasteiger partial charge in [-0.25, -0.2) is 0 Å². The molecule has 3 heterocycles. The lowest BCUT2D eigenvalue weighted by Crippen LogP contribution is -2.37. The maximum absolute atomic E-state index is 6.67. The van der Waals surface area contributed by atoms with E-state index in [4.69, 9.17) is 16.3 Å². The molecule has 0 saturated heterocycles. The van der Waals surface area contributed by atoms with Crippen LogP contribution >= 0.6 is 38.9 Å². The normalized spacial score (nSPS) is 22.5. The van der Waals surface area contributed by atoms with Crippen molar-refractivity contribution in [1.29, 1.82) is 0 Å². The van der Waals surface area contributed by atoms with Crippen molar-refractivity contribution in [2.24, 2.45) is 0 Å². The molecule has 1 aliphatic carbocycles. The molecule has 0 N–H and O–H groups in total. The highest BCUT2D eigenvalue weighted by Crippen LogP contribution is 2.54. The molecule has 142 valence electrons. The summed E-state index contributed by atoms with van der Waals surface area (Å²) in [5.41, 5.74) is 5.11. The van der Waals surface area contributed by atoms with E-state index < -0.39 is 0 Å². The number of aryl methyl sites for hydroxylation is 1. The number of nitrogens with zero attached hydrogens (tertiary/aromatic N) is 1. The van der Waals surface area contributed by atoms with Crippen molar-refractivity contribution in [2.75, 3.05) is 4.90 Å². The molecule has 5 heteroatoms. The summed E-state index contributed by atoms with van der Waals surface area (Å²) in [5, 5.41) is 0.802. The molecular formula is C23H19BrClNOS. The number of halogens is 2. The molecule has 3 aromatic rings. The monoisotopic (exact) mass is 471 g/mol. The van der Waals surface area contributed by atoms with E-state index in [-0.39, 0.29) is 12.3 Å². The fourth-order valence-electron chi connectivity index (χ4n) is 4.68. The SMILES string of the molecule is Cc1cc(Br)cc2c1C1Cc3cc(Cl)ccc3N1C(c1ccc(C3CC3)s1)O2. The van der Waals surface area contributed by atoms with Crippen LogP contribution in [-0.4, -0.2) is 0 Å². The summed E-state index contributed by atoms with van der Waals surface area (Å²) >= 11 is 11.9. The summed E-state index contributed by atoms with van der Waals surface area (Å²) in [6.07, 6.45) is 3.53. The minimum absolute atomic E-state index is 0.0916. The zero-order valence-electron chi connectivity index (χ0n) is 15.4. The maximum Gasteiger partial charge on any atom is 0.208 e. The zero-order chi connectivity index (χ0) is 19.0. The van der Waals surface area contributed by atoms with Crippen LogP contribution in [0, 0.1) is 6.92 Å². The van der Waals surface area contributed by atoms with Crippen molar-refractivity contribution in [2.45, 2.75) is 44.4 Å². The Balaban J connectivity index is 1.52. The number of rotatable bonds is 2. The van der Waals surface area contributed by atoms with Gasteiger partial charge in [-0.1, -0.05) is 27.5 Å². The van der Waals surface area contributed by atoms with Crippen LogP contribution in [0.1, 0.15) is 57.5 Å². The predicted octanol–water partition coefficient (Wildman–Crippen LogP) is 7.54. The van der Waals surface area contributed by atoms with Crippen LogP contribution in [0.4, 0.5) is 5.69 Å². The predicted molar refractivity (Wildman–Crippen MR) is 119 cm³/mol. The Bertz CT molecular complexity index is 1110. The number of ether oxygens (including phenoxy) is 1. The average Bonchev–Trinajstić information content (AvgIpc) is 3.26. The molecule has 1 aromatic heterocycles. The van der Waals surface area contributed by atoms with Gasteiger partial charge in [0.25, 0.3) is 0 Å². The molecule has 0 spiro atoms. The summed E-state index contributed by atoms with van der Waals surface area (Å²) in [5.74, 6) is 1.77. The van der Waals surface area contributed by atoms with Gasteiger partial charge in [-0.3, -0.25) is 0 Å². The van der Waals surface area contributed by atoms with Crippen molar-refractivity contribution in [3.05, 3.63) is 78.4 Å². The average molecular weight is 473 g/mol. The van der Waals surface area contributed by atoms with E-state index in [1.807, 2.05) is 17.4 Å². The van der Waals surface area contributed by atoms with Gasteiger partial charge < -0.3 is 9.64 Å². The number of hydrogen-bond acceptors (Lipinski definition) is 3. The van der Waals surface area contributed by atoms with Crippen LogP contribution in [0.25, 0.3) is 0 Å². The van der Waals surface area contributed by atoms with E-state index in [2.05, 4.69) is 64.2 Å². The lowest BCUT2D eigenvalue weighted by atomic mass is 9.95. The molecule has 2 aromatic carbocycles. The lowest BCUT2D eigenvalue weighted by Gasteiger charge is -2.41. The number of hydrogen-bond donors (Lipinski definition) is 0. The van der Waals surface area contributed by atoms with Gasteiger partial charge in [0.05, 0.1) is 10.9 Å². The van der Waals surface area contributed by atoms with Gasteiger partial charge in [-0.2, -0.15) is 0 Å². The molecule has 1 fully saturated rings. The molecule has 0 amide bonds. The van der Waals surface area contributed by atoms with Crippen molar-refractivity contribution in [3.8, 4) is 5.75 Å². The van der Waals surface area contributed by atoms with Crippen molar-refractivity contribution >= 4 is 44.6 Å². The molecule has 2 nitrogen and oxygen atoms in total. The van der Waals surface area contributed by atoms with Gasteiger partial charge in [0.2, 0.25) is 6.23 Å². The second-order valence-electron chi connectivity index (χ2n) is 8.02. The molecule has 28 heavy (non-hydrogen) atoms. The van der Waals surface area contributed by atoms with Crippen LogP contribution < -0.4 is 9.64 Å². The third-order valence-corrected chi connectivity index (χ3v) is 8.05. The molecule has 2 unspecified atom stereocenters. The van der Waals surface area contributed by atoms with E-state index in [0.29, 0.717) is 0 Å². The smallest absolute Gasteiger partial charge is 0.208 e. The van der Waals surface area contributed by atoms with Gasteiger partial charge in [0.15, 0.2) is 0 Å². The Labute approximate surface area is 182 Å². The largest absolute Gasteiger partial charge is 0.465 e. The summed E-state index contributed by atoms with van der Waals surface area (Å²) in [7, 11) is 0. The Kier molecular flexibility index (Phi) is 3.88. The Hall–Kier alpha value is -1.49. The molecular weight excluding hydrogens is 454 g/mol. The lowest BCUT2D eigenvalue weighted by molar-refractivity contribution is 0.170. The van der Waals surface area contributed by atoms with Gasteiger partial charge in [-0.15, -0.1) is 11.3 Å². The van der Waals surface area contributed by atoms with Crippen LogP contribution in [0.5, 0.6) is 5.75 Å². The second kappa shape index (κ2) is 6.25. The number of anilines is 1. The molecule has 1 saturated carbocycles. The minimum Gasteiger partial charge on any atom is -0.465 e. The van der Waals surface area contributed by atoms with Crippen LogP contribution in [0.2, 0.25) is 5.02 Å². The van der Waals surface area contributed by atoms with Crippen molar-refractivity contribution < 1.29 is 4.74 Å². The van der Waals surface area contributed by atoms with Gasteiger partial charge in [0, 0.05) is 25.6 Å². The number of thiophene rings is 1. The van der Waals surface area contributed by atoms with Gasteiger partial charge in [-0.05, 0) is 85.7 Å². The summed E-state index contributed by atoms with van der Waals surface area (Å²) < 4.78 is 7.74. The molecule has 2 aliphatic heterocycles. The molecule has 6 rings (SSSR count). The Morgan fingerprint density at radius 2 is 1.93 bits per heavy atom. The third-order valence-electron chi connectivity index (χ3n) is 6.08. The highest BCUT2D eigenvalue weighted by Gasteiger charge is 2.43. The first-order chi connectivity index (χ1) is 13.6. The first kappa shape index (κ1) is 17.4. The first-order valence-corrected chi connectivity index (χ1v) is 11.7. The molecule has 0 bridgehead atoms. The Morgan fingerprint density at radius 1 is 1.11 bits per heavy atom. The van der Waals surface area contributed by atoms with E-state index in [1.54, 1.807) is 0 Å². The number of benzene rings is 2. The van der Waals surface area contributed by atoms with E-state index in [1.165, 1.54) is 45.0 Å². The van der Waals surface area contributed by atoms with E-state index in [9.17, 15) is 0 Å². The fraction of sp³-hybridized carbons (Fsp3) is 0.304. The molecule has 0 radical (unpaired) electrons. The summed E-state index contributed by atoms with van der Waals surface area (Å²) in [6.45, 7) is 2.18. The van der Waals surface area contributed by atoms with Crippen LogP contribution in [0.3, 0.4) is 0 Å². The van der Waals surface area contributed by atoms with Crippen LogP contribution in [0.15, 0.2) is 46.9 Å². The van der Waals surface area contributed by atoms with Crippen LogP contribution in [-0.2, 0) is 6.42 Å². The minimum atomic E-state index is -0.0916. The summed E-state index contributed by atoms with van der Waals surface area (Å²) in [4.78, 5) is 5.26. The maximum atomic E-state index is 6.67. The van der Waals surface area contributed by atoms with E-state index >= 15 is 0 Å². The Morgan fingerprint density at radius 3 is 2.75 bits per heavy atom. The standard InChI is InChI=1S/C23H19BrClNOS/c1-12-8-15(24)11-19-22(12)18-10-14-9-16(25)4-5-17(14)26(18)23(27-19)21-7-6-20(28-21)13-2-3-13/h4-9,11,13,18,23H,2-3,10H2,1H3. The highest BCUT2D eigenvalue weighted by molar-refractivity contribution is 9.10. The summed E-state index contributed by atoms with van der Waals surface area (Å²) in [6, 6.07) is 15.4. The van der Waals surface area contributed by atoms with Gasteiger partial charge >= 0.3 is 0 Å². The number of fused-ring (bicyclic) bond motifs is 5. The zero-order valence-corrected chi connectivity index (χ0v) is 18.6. The van der Waals surface area contributed by atoms with E-state index in [0.717, 1.165) is 27.6 Å². The molecule has 2 atom stereocenters.